The molecule has 1 amide bonds. The van der Waals surface area contributed by atoms with Crippen LogP contribution in [0, 0.1) is 0 Å². The molecule has 1 aromatic carbocycles. The highest BCUT2D eigenvalue weighted by atomic mass is 32.2. The zero-order chi connectivity index (χ0) is 19.4. The summed E-state index contributed by atoms with van der Waals surface area (Å²) in [6.45, 7) is 0. The lowest BCUT2D eigenvalue weighted by Gasteiger charge is -2.11. The van der Waals surface area contributed by atoms with Gasteiger partial charge in [-0.2, -0.15) is 4.98 Å². The van der Waals surface area contributed by atoms with Crippen molar-refractivity contribution in [2.24, 2.45) is 0 Å². The number of hydrogen-bond donors (Lipinski definition) is 1. The molecule has 3 rings (SSSR count). The van der Waals surface area contributed by atoms with Crippen molar-refractivity contribution < 1.29 is 17.7 Å². The van der Waals surface area contributed by atoms with Gasteiger partial charge in [0.25, 0.3) is 0 Å². The fourth-order valence-electron chi connectivity index (χ4n) is 2.23. The topological polar surface area (TPSA) is 105 Å². The summed E-state index contributed by atoms with van der Waals surface area (Å²) in [4.78, 5) is 17.4. The summed E-state index contributed by atoms with van der Waals surface area (Å²) >= 11 is 1.51. The molecule has 0 saturated heterocycles. The van der Waals surface area contributed by atoms with E-state index < -0.39 is 10.0 Å². The molecule has 2 aromatic heterocycles. The number of nitrogens with zero attached hydrogens (tertiary/aromatic N) is 3. The maximum absolute atomic E-state index is 12.1. The standard InChI is InChI=1S/C17H18N4O4S2/c1-21(2)27(23,24)13-7-5-12(6-8-13)18-15(22)9-10-16-19-17(20-25-16)14-4-3-11-26-14/h3-8,11H,9-10H2,1-2H3,(H,18,22). The molecule has 0 fully saturated rings. The molecule has 142 valence electrons. The van der Waals surface area contributed by atoms with Gasteiger partial charge in [-0.05, 0) is 35.7 Å². The third-order valence-corrected chi connectivity index (χ3v) is 6.39. The van der Waals surface area contributed by atoms with Crippen LogP contribution >= 0.6 is 11.3 Å². The summed E-state index contributed by atoms with van der Waals surface area (Å²) < 4.78 is 30.3. The third kappa shape index (κ3) is 4.59. The average Bonchev–Trinajstić information content (AvgIpc) is 3.32. The van der Waals surface area contributed by atoms with Crippen LogP contribution in [0.5, 0.6) is 0 Å². The SMILES string of the molecule is CN(C)S(=O)(=O)c1ccc(NC(=O)CCc2nc(-c3cccs3)no2)cc1. The van der Waals surface area contributed by atoms with Crippen LogP contribution in [0.25, 0.3) is 10.7 Å². The largest absolute Gasteiger partial charge is 0.339 e. The molecule has 0 unspecified atom stereocenters. The Morgan fingerprint density at radius 3 is 2.59 bits per heavy atom. The Kier molecular flexibility index (Phi) is 5.68. The quantitative estimate of drug-likeness (QED) is 0.647. The highest BCUT2D eigenvalue weighted by Gasteiger charge is 2.17. The number of carbonyl (C=O) groups excluding carboxylic acids is 1. The molecule has 27 heavy (non-hydrogen) atoms. The number of benzene rings is 1. The summed E-state index contributed by atoms with van der Waals surface area (Å²) in [6, 6.07) is 9.81. The molecule has 8 nitrogen and oxygen atoms in total. The normalized spacial score (nSPS) is 11.7. The lowest BCUT2D eigenvalue weighted by atomic mass is 10.2. The molecule has 0 atom stereocenters. The van der Waals surface area contributed by atoms with E-state index in [1.54, 1.807) is 12.1 Å². The molecular formula is C17H18N4O4S2. The van der Waals surface area contributed by atoms with Crippen LogP contribution in [-0.4, -0.2) is 42.9 Å². The molecule has 0 aliphatic heterocycles. The monoisotopic (exact) mass is 406 g/mol. The van der Waals surface area contributed by atoms with Gasteiger partial charge >= 0.3 is 0 Å². The first-order valence-electron chi connectivity index (χ1n) is 8.05. The Hall–Kier alpha value is -2.56. The Bertz CT molecular complexity index is 1010. The van der Waals surface area contributed by atoms with E-state index in [1.807, 2.05) is 17.5 Å². The number of aromatic nitrogens is 2. The lowest BCUT2D eigenvalue weighted by Crippen LogP contribution is -2.22. The van der Waals surface area contributed by atoms with Gasteiger partial charge in [0.15, 0.2) is 0 Å². The fraction of sp³-hybridized carbons (Fsp3) is 0.235. The van der Waals surface area contributed by atoms with Crippen molar-refractivity contribution in [1.82, 2.24) is 14.4 Å². The number of aryl methyl sites for hydroxylation is 1. The van der Waals surface area contributed by atoms with Gasteiger partial charge in [0.05, 0.1) is 9.77 Å². The number of sulfonamides is 1. The summed E-state index contributed by atoms with van der Waals surface area (Å²) in [5, 5.41) is 8.54. The van der Waals surface area contributed by atoms with Crippen molar-refractivity contribution in [3.05, 3.63) is 47.7 Å². The van der Waals surface area contributed by atoms with E-state index in [1.165, 1.54) is 37.6 Å². The predicted octanol–water partition coefficient (Wildman–Crippen LogP) is 2.62. The van der Waals surface area contributed by atoms with E-state index in [0.717, 1.165) is 9.18 Å². The first kappa shape index (κ1) is 19.2. The zero-order valence-electron chi connectivity index (χ0n) is 14.7. The van der Waals surface area contributed by atoms with Crippen molar-refractivity contribution >= 4 is 33.0 Å². The Morgan fingerprint density at radius 1 is 1.22 bits per heavy atom. The van der Waals surface area contributed by atoms with Crippen LogP contribution in [0.15, 0.2) is 51.2 Å². The molecule has 10 heteroatoms. The van der Waals surface area contributed by atoms with E-state index in [-0.39, 0.29) is 17.2 Å². The maximum atomic E-state index is 12.1. The molecular weight excluding hydrogens is 388 g/mol. The van der Waals surface area contributed by atoms with E-state index in [4.69, 9.17) is 4.52 Å². The van der Waals surface area contributed by atoms with Crippen molar-refractivity contribution in [3.63, 3.8) is 0 Å². The summed E-state index contributed by atoms with van der Waals surface area (Å²) in [5.41, 5.74) is 0.516. The van der Waals surface area contributed by atoms with Gasteiger partial charge in [-0.3, -0.25) is 4.79 Å². The minimum Gasteiger partial charge on any atom is -0.339 e. The molecule has 3 aromatic rings. The molecule has 0 aliphatic carbocycles. The van der Waals surface area contributed by atoms with Crippen molar-refractivity contribution in [3.8, 4) is 10.7 Å². The molecule has 2 heterocycles. The van der Waals surface area contributed by atoms with E-state index in [0.29, 0.717) is 23.8 Å². The van der Waals surface area contributed by atoms with Gasteiger partial charge in [0.2, 0.25) is 27.6 Å². The predicted molar refractivity (Wildman–Crippen MR) is 102 cm³/mol. The number of amides is 1. The second kappa shape index (κ2) is 7.99. The van der Waals surface area contributed by atoms with E-state index >= 15 is 0 Å². The maximum Gasteiger partial charge on any atom is 0.242 e. The van der Waals surface area contributed by atoms with Crippen molar-refractivity contribution in [2.75, 3.05) is 19.4 Å². The van der Waals surface area contributed by atoms with Gasteiger partial charge < -0.3 is 9.84 Å². The van der Waals surface area contributed by atoms with Crippen LogP contribution in [0.1, 0.15) is 12.3 Å². The number of carbonyl (C=O) groups is 1. The van der Waals surface area contributed by atoms with Gasteiger partial charge in [0, 0.05) is 32.6 Å². The van der Waals surface area contributed by atoms with Crippen LogP contribution in [0.3, 0.4) is 0 Å². The van der Waals surface area contributed by atoms with Gasteiger partial charge in [-0.15, -0.1) is 11.3 Å². The zero-order valence-corrected chi connectivity index (χ0v) is 16.4. The first-order valence-corrected chi connectivity index (χ1v) is 10.4. The summed E-state index contributed by atoms with van der Waals surface area (Å²) in [7, 11) is -0.562. The van der Waals surface area contributed by atoms with Crippen LogP contribution in [-0.2, 0) is 21.2 Å². The second-order valence-electron chi connectivity index (χ2n) is 5.85. The highest BCUT2D eigenvalue weighted by molar-refractivity contribution is 7.89. The number of thiophene rings is 1. The van der Waals surface area contributed by atoms with E-state index in [9.17, 15) is 13.2 Å². The smallest absolute Gasteiger partial charge is 0.242 e. The Labute approximate surface area is 160 Å². The molecule has 0 saturated carbocycles. The van der Waals surface area contributed by atoms with E-state index in [2.05, 4.69) is 15.5 Å². The van der Waals surface area contributed by atoms with Crippen LogP contribution < -0.4 is 5.32 Å². The second-order valence-corrected chi connectivity index (χ2v) is 8.95. The number of hydrogen-bond acceptors (Lipinski definition) is 7. The molecule has 0 aliphatic rings. The van der Waals surface area contributed by atoms with Crippen LogP contribution in [0.2, 0.25) is 0 Å². The van der Waals surface area contributed by atoms with Crippen LogP contribution in [0.4, 0.5) is 5.69 Å². The molecule has 0 radical (unpaired) electrons. The Morgan fingerprint density at radius 2 is 1.96 bits per heavy atom. The van der Waals surface area contributed by atoms with Gasteiger partial charge in [-0.1, -0.05) is 11.2 Å². The number of anilines is 1. The Balaban J connectivity index is 1.55. The fourth-order valence-corrected chi connectivity index (χ4v) is 3.78. The summed E-state index contributed by atoms with van der Waals surface area (Å²) in [6.07, 6.45) is 0.487. The highest BCUT2D eigenvalue weighted by Crippen LogP contribution is 2.21. The van der Waals surface area contributed by atoms with Crippen molar-refractivity contribution in [1.29, 1.82) is 0 Å². The van der Waals surface area contributed by atoms with Gasteiger partial charge in [0.1, 0.15) is 0 Å². The average molecular weight is 406 g/mol. The number of rotatable bonds is 7. The van der Waals surface area contributed by atoms with Gasteiger partial charge in [-0.25, -0.2) is 12.7 Å². The molecule has 1 N–H and O–H groups in total. The van der Waals surface area contributed by atoms with Crippen molar-refractivity contribution in [2.45, 2.75) is 17.7 Å². The third-order valence-electron chi connectivity index (χ3n) is 3.69. The minimum absolute atomic E-state index is 0.164. The minimum atomic E-state index is -3.49. The first-order chi connectivity index (χ1) is 12.9. The number of nitrogens with one attached hydrogen (secondary N) is 1. The molecule has 0 spiro atoms. The molecule has 0 bridgehead atoms. The lowest BCUT2D eigenvalue weighted by molar-refractivity contribution is -0.116. The summed E-state index contributed by atoms with van der Waals surface area (Å²) in [5.74, 6) is 0.674.